The molecule has 2 N–H and O–H groups in total. The van der Waals surface area contributed by atoms with Crippen LogP contribution < -0.4 is 10.6 Å². The summed E-state index contributed by atoms with van der Waals surface area (Å²) in [7, 11) is 1.77. The Hall–Kier alpha value is -2.05. The van der Waals surface area contributed by atoms with Crippen molar-refractivity contribution in [3.8, 4) is 0 Å². The minimum Gasteiger partial charge on any atom is -0.444 e. The second-order valence-electron chi connectivity index (χ2n) is 6.30. The van der Waals surface area contributed by atoms with E-state index in [1.165, 1.54) is 0 Å². The molecule has 1 aliphatic heterocycles. The van der Waals surface area contributed by atoms with Crippen LogP contribution in [0.2, 0.25) is 0 Å². The van der Waals surface area contributed by atoms with Crippen molar-refractivity contribution in [3.63, 3.8) is 0 Å². The topological polar surface area (TPSA) is 84.6 Å². The zero-order chi connectivity index (χ0) is 15.6. The Balaban J connectivity index is 1.95. The highest BCUT2D eigenvalue weighted by atomic mass is 16.6. The first-order valence-corrected chi connectivity index (χ1v) is 7.04. The summed E-state index contributed by atoms with van der Waals surface area (Å²) < 4.78 is 5.39. The molecule has 1 aliphatic rings. The number of likely N-dealkylation sites (N-methyl/N-ethyl adjacent to an activating group) is 1. The lowest BCUT2D eigenvalue weighted by molar-refractivity contribution is 0.0238. The monoisotopic (exact) mass is 293 g/mol. The van der Waals surface area contributed by atoms with Gasteiger partial charge in [-0.1, -0.05) is 0 Å². The molecule has 0 spiro atoms. The molecule has 1 saturated heterocycles. The highest BCUT2D eigenvalue weighted by Crippen LogP contribution is 2.21. The number of aromatic nitrogens is 2. The Kier molecular flexibility index (Phi) is 4.20. The van der Waals surface area contributed by atoms with E-state index in [0.717, 1.165) is 13.0 Å². The fourth-order valence-corrected chi connectivity index (χ4v) is 2.22. The van der Waals surface area contributed by atoms with E-state index in [0.29, 0.717) is 18.2 Å². The van der Waals surface area contributed by atoms with Gasteiger partial charge in [0.25, 0.3) is 0 Å². The van der Waals surface area contributed by atoms with Crippen molar-refractivity contribution < 1.29 is 9.53 Å². The molecule has 1 aromatic rings. The number of hydrogen-bond donors (Lipinski definition) is 1. The van der Waals surface area contributed by atoms with Crippen LogP contribution in [0.3, 0.4) is 0 Å². The van der Waals surface area contributed by atoms with Crippen molar-refractivity contribution in [3.05, 3.63) is 12.4 Å². The van der Waals surface area contributed by atoms with E-state index < -0.39 is 5.60 Å². The molecule has 1 unspecified atom stereocenters. The van der Waals surface area contributed by atoms with Crippen LogP contribution in [-0.4, -0.2) is 52.7 Å². The van der Waals surface area contributed by atoms with E-state index >= 15 is 0 Å². The number of anilines is 2. The van der Waals surface area contributed by atoms with Gasteiger partial charge in [0.2, 0.25) is 5.95 Å². The van der Waals surface area contributed by atoms with Gasteiger partial charge in [0, 0.05) is 20.1 Å². The normalized spacial score (nSPS) is 18.7. The quantitative estimate of drug-likeness (QED) is 0.889. The third-order valence-corrected chi connectivity index (χ3v) is 3.33. The van der Waals surface area contributed by atoms with Gasteiger partial charge in [-0.15, -0.1) is 0 Å². The van der Waals surface area contributed by atoms with Crippen molar-refractivity contribution in [2.75, 3.05) is 30.8 Å². The van der Waals surface area contributed by atoms with E-state index in [9.17, 15) is 4.79 Å². The predicted molar refractivity (Wildman–Crippen MR) is 81.1 cm³/mol. The molecule has 2 heterocycles. The molecule has 1 fully saturated rings. The minimum absolute atomic E-state index is 0.0982. The first kappa shape index (κ1) is 15.3. The lowest BCUT2D eigenvalue weighted by Crippen LogP contribution is -2.42. The van der Waals surface area contributed by atoms with Crippen LogP contribution >= 0.6 is 0 Å². The summed E-state index contributed by atoms with van der Waals surface area (Å²) in [5.74, 6) is 0.643. The van der Waals surface area contributed by atoms with E-state index in [4.69, 9.17) is 10.5 Å². The molecule has 7 nitrogen and oxygen atoms in total. The number of carbonyl (C=O) groups is 1. The molecule has 0 aromatic carbocycles. The molecule has 0 saturated carbocycles. The van der Waals surface area contributed by atoms with Gasteiger partial charge in [0.1, 0.15) is 5.60 Å². The second-order valence-corrected chi connectivity index (χ2v) is 6.30. The standard InChI is InChI=1S/C14H23N5O2/c1-14(2,3)21-13(20)18(4)11-5-6-19(9-11)12-16-7-10(15)8-17-12/h7-8,11H,5-6,9,15H2,1-4H3. The largest absolute Gasteiger partial charge is 0.444 e. The first-order chi connectivity index (χ1) is 9.76. The predicted octanol–water partition coefficient (Wildman–Crippen LogP) is 1.50. The van der Waals surface area contributed by atoms with Gasteiger partial charge >= 0.3 is 6.09 Å². The second kappa shape index (κ2) is 5.75. The Morgan fingerprint density at radius 2 is 2.05 bits per heavy atom. The zero-order valence-corrected chi connectivity index (χ0v) is 13.0. The maximum absolute atomic E-state index is 12.1. The minimum atomic E-state index is -0.482. The molecular formula is C14H23N5O2. The molecule has 7 heteroatoms. The van der Waals surface area contributed by atoms with Crippen molar-refractivity contribution >= 4 is 17.7 Å². The van der Waals surface area contributed by atoms with Gasteiger partial charge in [0.15, 0.2) is 0 Å². The summed E-state index contributed by atoms with van der Waals surface area (Å²) in [6.07, 6.45) is 3.75. The molecule has 2 rings (SSSR count). The van der Waals surface area contributed by atoms with Crippen LogP contribution in [0.25, 0.3) is 0 Å². The van der Waals surface area contributed by atoms with Crippen LogP contribution in [0.4, 0.5) is 16.4 Å². The van der Waals surface area contributed by atoms with Crippen LogP contribution in [0, 0.1) is 0 Å². The SMILES string of the molecule is CN(C(=O)OC(C)(C)C)C1CCN(c2ncc(N)cn2)C1. The Morgan fingerprint density at radius 1 is 1.43 bits per heavy atom. The molecule has 21 heavy (non-hydrogen) atoms. The summed E-state index contributed by atoms with van der Waals surface area (Å²) in [5.41, 5.74) is 5.65. The van der Waals surface area contributed by atoms with Gasteiger partial charge in [-0.05, 0) is 27.2 Å². The number of nitrogens with two attached hydrogens (primary N) is 1. The Labute approximate surface area is 125 Å². The number of nitrogen functional groups attached to an aromatic ring is 1. The van der Waals surface area contributed by atoms with Gasteiger partial charge in [0.05, 0.1) is 24.1 Å². The Morgan fingerprint density at radius 3 is 2.62 bits per heavy atom. The van der Waals surface area contributed by atoms with E-state index in [2.05, 4.69) is 9.97 Å². The lowest BCUT2D eigenvalue weighted by Gasteiger charge is -2.28. The van der Waals surface area contributed by atoms with Crippen molar-refractivity contribution in [1.29, 1.82) is 0 Å². The zero-order valence-electron chi connectivity index (χ0n) is 13.0. The van der Waals surface area contributed by atoms with Crippen molar-refractivity contribution in [2.24, 2.45) is 0 Å². The maximum Gasteiger partial charge on any atom is 0.410 e. The van der Waals surface area contributed by atoms with E-state index in [1.807, 2.05) is 25.7 Å². The third kappa shape index (κ3) is 3.96. The molecule has 0 radical (unpaired) electrons. The van der Waals surface area contributed by atoms with Gasteiger partial charge in [-0.25, -0.2) is 14.8 Å². The van der Waals surface area contributed by atoms with Crippen molar-refractivity contribution in [1.82, 2.24) is 14.9 Å². The van der Waals surface area contributed by atoms with E-state index in [1.54, 1.807) is 24.3 Å². The molecule has 1 atom stereocenters. The lowest BCUT2D eigenvalue weighted by atomic mass is 10.2. The summed E-state index contributed by atoms with van der Waals surface area (Å²) in [4.78, 5) is 24.2. The fourth-order valence-electron chi connectivity index (χ4n) is 2.22. The van der Waals surface area contributed by atoms with E-state index in [-0.39, 0.29) is 12.1 Å². The van der Waals surface area contributed by atoms with Crippen molar-refractivity contribution in [2.45, 2.75) is 38.8 Å². The van der Waals surface area contributed by atoms with Gasteiger partial charge in [-0.2, -0.15) is 0 Å². The number of rotatable bonds is 2. The average Bonchev–Trinajstić information content (AvgIpc) is 2.86. The molecular weight excluding hydrogens is 270 g/mol. The molecule has 0 bridgehead atoms. The van der Waals surface area contributed by atoms with Crippen LogP contribution in [-0.2, 0) is 4.74 Å². The number of carbonyl (C=O) groups excluding carboxylic acids is 1. The average molecular weight is 293 g/mol. The smallest absolute Gasteiger partial charge is 0.410 e. The highest BCUT2D eigenvalue weighted by molar-refractivity contribution is 5.68. The van der Waals surface area contributed by atoms with Crippen LogP contribution in [0.1, 0.15) is 27.2 Å². The summed E-state index contributed by atoms with van der Waals surface area (Å²) in [6.45, 7) is 7.09. The first-order valence-electron chi connectivity index (χ1n) is 7.04. The van der Waals surface area contributed by atoms with Gasteiger partial charge in [-0.3, -0.25) is 0 Å². The molecule has 116 valence electrons. The van der Waals surface area contributed by atoms with Crippen LogP contribution in [0.15, 0.2) is 12.4 Å². The number of ether oxygens (including phenoxy) is 1. The summed E-state index contributed by atoms with van der Waals surface area (Å²) >= 11 is 0. The fraction of sp³-hybridized carbons (Fsp3) is 0.643. The summed E-state index contributed by atoms with van der Waals surface area (Å²) in [6, 6.07) is 0.0982. The van der Waals surface area contributed by atoms with Crippen LogP contribution in [0.5, 0.6) is 0 Å². The number of amides is 1. The van der Waals surface area contributed by atoms with Gasteiger partial charge < -0.3 is 20.3 Å². The molecule has 0 aliphatic carbocycles. The maximum atomic E-state index is 12.1. The number of nitrogens with zero attached hydrogens (tertiary/aromatic N) is 4. The highest BCUT2D eigenvalue weighted by Gasteiger charge is 2.31. The molecule has 1 amide bonds. The third-order valence-electron chi connectivity index (χ3n) is 3.33. The summed E-state index contributed by atoms with van der Waals surface area (Å²) in [5, 5.41) is 0. The number of hydrogen-bond acceptors (Lipinski definition) is 6. The Bertz CT molecular complexity index is 497. The molecule has 1 aromatic heterocycles.